The van der Waals surface area contributed by atoms with Crippen molar-refractivity contribution in [2.24, 2.45) is 0 Å². The maximum atomic E-state index is 13.6. The fourth-order valence-electron chi connectivity index (χ4n) is 2.35. The van der Waals surface area contributed by atoms with E-state index >= 15 is 0 Å². The van der Waals surface area contributed by atoms with E-state index in [1.54, 1.807) is 11.0 Å². The van der Waals surface area contributed by atoms with Crippen molar-refractivity contribution in [2.45, 2.75) is 25.9 Å². The Hall–Kier alpha value is -1.14. The molecule has 1 aromatic rings. The second-order valence-corrected chi connectivity index (χ2v) is 6.05. The third-order valence-electron chi connectivity index (χ3n) is 3.16. The number of benzene rings is 1. The highest BCUT2D eigenvalue weighted by atomic mass is 79.9. The van der Waals surface area contributed by atoms with Crippen molar-refractivity contribution in [3.8, 4) is 5.75 Å². The highest BCUT2D eigenvalue weighted by Crippen LogP contribution is 2.21. The van der Waals surface area contributed by atoms with Crippen molar-refractivity contribution in [1.82, 2.24) is 10.2 Å². The van der Waals surface area contributed by atoms with Crippen molar-refractivity contribution >= 4 is 21.8 Å². The Balaban J connectivity index is 1.91. The van der Waals surface area contributed by atoms with Gasteiger partial charge in [0.15, 0.2) is 18.2 Å². The van der Waals surface area contributed by atoms with Gasteiger partial charge in [-0.25, -0.2) is 4.39 Å². The van der Waals surface area contributed by atoms with E-state index in [4.69, 9.17) is 4.74 Å². The van der Waals surface area contributed by atoms with Crippen molar-refractivity contribution in [3.05, 3.63) is 28.5 Å². The Bertz CT molecular complexity index is 488. The lowest BCUT2D eigenvalue weighted by Gasteiger charge is -2.36. The quantitative estimate of drug-likeness (QED) is 0.913. The predicted molar refractivity (Wildman–Crippen MR) is 78.2 cm³/mol. The van der Waals surface area contributed by atoms with Crippen LogP contribution in [0.2, 0.25) is 0 Å². The van der Waals surface area contributed by atoms with E-state index in [2.05, 4.69) is 21.2 Å². The first-order chi connectivity index (χ1) is 9.45. The average Bonchev–Trinajstić information content (AvgIpc) is 2.36. The van der Waals surface area contributed by atoms with Crippen LogP contribution in [0.5, 0.6) is 5.75 Å². The molecule has 1 amide bonds. The third kappa shape index (κ3) is 3.93. The van der Waals surface area contributed by atoms with Gasteiger partial charge in [0.25, 0.3) is 5.91 Å². The lowest BCUT2D eigenvalue weighted by atomic mass is 10.1. The summed E-state index contributed by atoms with van der Waals surface area (Å²) < 4.78 is 19.5. The highest BCUT2D eigenvalue weighted by Gasteiger charge is 2.25. The molecule has 1 fully saturated rings. The van der Waals surface area contributed by atoms with Crippen LogP contribution in [0.4, 0.5) is 4.39 Å². The van der Waals surface area contributed by atoms with Gasteiger partial charge in [-0.2, -0.15) is 0 Å². The summed E-state index contributed by atoms with van der Waals surface area (Å²) in [4.78, 5) is 13.8. The van der Waals surface area contributed by atoms with Gasteiger partial charge in [0.05, 0.1) is 0 Å². The molecule has 20 heavy (non-hydrogen) atoms. The second-order valence-electron chi connectivity index (χ2n) is 5.13. The van der Waals surface area contributed by atoms with Crippen LogP contribution in [0.25, 0.3) is 0 Å². The standard InChI is InChI=1S/C14H18BrFN2O2/c1-9-6-18(7-10(2)17-9)14(19)8-20-13-4-3-11(15)5-12(13)16/h3-5,9-10,17H,6-8H2,1-2H3/t9-,10+. The molecule has 0 aliphatic carbocycles. The molecule has 0 unspecified atom stereocenters. The maximum absolute atomic E-state index is 13.6. The third-order valence-corrected chi connectivity index (χ3v) is 3.65. The summed E-state index contributed by atoms with van der Waals surface area (Å²) in [6.07, 6.45) is 0. The van der Waals surface area contributed by atoms with Crippen LogP contribution in [-0.4, -0.2) is 42.6 Å². The predicted octanol–water partition coefficient (Wildman–Crippen LogP) is 2.18. The smallest absolute Gasteiger partial charge is 0.260 e. The van der Waals surface area contributed by atoms with Crippen LogP contribution in [0, 0.1) is 5.82 Å². The molecule has 1 N–H and O–H groups in total. The molecule has 0 aromatic heterocycles. The number of rotatable bonds is 3. The zero-order valence-electron chi connectivity index (χ0n) is 11.5. The van der Waals surface area contributed by atoms with Crippen LogP contribution < -0.4 is 10.1 Å². The zero-order valence-corrected chi connectivity index (χ0v) is 13.1. The minimum Gasteiger partial charge on any atom is -0.481 e. The van der Waals surface area contributed by atoms with Gasteiger partial charge in [-0.05, 0) is 32.0 Å². The Morgan fingerprint density at radius 1 is 1.45 bits per heavy atom. The number of ether oxygens (including phenoxy) is 1. The van der Waals surface area contributed by atoms with E-state index in [0.29, 0.717) is 17.6 Å². The van der Waals surface area contributed by atoms with Crippen molar-refractivity contribution in [3.63, 3.8) is 0 Å². The SMILES string of the molecule is C[C@@H]1CN(C(=O)COc2ccc(Br)cc2F)C[C@H](C)N1. The number of halogens is 2. The summed E-state index contributed by atoms with van der Waals surface area (Å²) in [6, 6.07) is 5.02. The number of piperazine rings is 1. The van der Waals surface area contributed by atoms with E-state index in [0.717, 1.165) is 0 Å². The number of nitrogens with zero attached hydrogens (tertiary/aromatic N) is 1. The van der Waals surface area contributed by atoms with Gasteiger partial charge in [-0.3, -0.25) is 4.79 Å². The first-order valence-corrected chi connectivity index (χ1v) is 7.36. The maximum Gasteiger partial charge on any atom is 0.260 e. The second kappa shape index (κ2) is 6.54. The summed E-state index contributed by atoms with van der Waals surface area (Å²) in [5.74, 6) is -0.500. The molecule has 0 bridgehead atoms. The van der Waals surface area contributed by atoms with E-state index in [1.165, 1.54) is 12.1 Å². The van der Waals surface area contributed by atoms with Crippen LogP contribution >= 0.6 is 15.9 Å². The monoisotopic (exact) mass is 344 g/mol. The van der Waals surface area contributed by atoms with Crippen LogP contribution in [-0.2, 0) is 4.79 Å². The summed E-state index contributed by atoms with van der Waals surface area (Å²) in [6.45, 7) is 5.22. The van der Waals surface area contributed by atoms with Crippen molar-refractivity contribution < 1.29 is 13.9 Å². The minimum atomic E-state index is -0.478. The summed E-state index contributed by atoms with van der Waals surface area (Å²) >= 11 is 3.17. The Morgan fingerprint density at radius 2 is 2.10 bits per heavy atom. The largest absolute Gasteiger partial charge is 0.481 e. The van der Waals surface area contributed by atoms with Gasteiger partial charge in [-0.15, -0.1) is 0 Å². The molecular weight excluding hydrogens is 327 g/mol. The van der Waals surface area contributed by atoms with Gasteiger partial charge in [0, 0.05) is 29.6 Å². The molecule has 1 aromatic carbocycles. The van der Waals surface area contributed by atoms with Gasteiger partial charge in [-0.1, -0.05) is 15.9 Å². The molecule has 1 aliphatic heterocycles. The van der Waals surface area contributed by atoms with Crippen molar-refractivity contribution in [2.75, 3.05) is 19.7 Å². The molecule has 110 valence electrons. The number of amides is 1. The Morgan fingerprint density at radius 3 is 2.70 bits per heavy atom. The molecule has 1 aliphatic rings. The Kier molecular flexibility index (Phi) is 4.99. The number of hydrogen-bond donors (Lipinski definition) is 1. The molecule has 0 spiro atoms. The van der Waals surface area contributed by atoms with Crippen molar-refractivity contribution in [1.29, 1.82) is 0 Å². The van der Waals surface area contributed by atoms with E-state index in [9.17, 15) is 9.18 Å². The summed E-state index contributed by atoms with van der Waals surface area (Å²) in [5, 5.41) is 3.35. The molecule has 1 heterocycles. The fourth-order valence-corrected chi connectivity index (χ4v) is 2.69. The first kappa shape index (κ1) is 15.3. The van der Waals surface area contributed by atoms with E-state index in [-0.39, 0.29) is 30.3 Å². The van der Waals surface area contributed by atoms with Crippen LogP contribution in [0.1, 0.15) is 13.8 Å². The lowest BCUT2D eigenvalue weighted by Crippen LogP contribution is -2.56. The molecule has 2 rings (SSSR count). The van der Waals surface area contributed by atoms with Gasteiger partial charge in [0.2, 0.25) is 0 Å². The summed E-state index contributed by atoms with van der Waals surface area (Å²) in [5.41, 5.74) is 0. The topological polar surface area (TPSA) is 41.6 Å². The Labute approximate surface area is 126 Å². The molecule has 6 heteroatoms. The lowest BCUT2D eigenvalue weighted by molar-refractivity contribution is -0.135. The fraction of sp³-hybridized carbons (Fsp3) is 0.500. The van der Waals surface area contributed by atoms with Gasteiger partial charge < -0.3 is 15.0 Å². The first-order valence-electron chi connectivity index (χ1n) is 6.57. The molecular formula is C14H18BrFN2O2. The summed E-state index contributed by atoms with van der Waals surface area (Å²) in [7, 11) is 0. The van der Waals surface area contributed by atoms with Gasteiger partial charge >= 0.3 is 0 Å². The van der Waals surface area contributed by atoms with Crippen LogP contribution in [0.3, 0.4) is 0 Å². The molecule has 0 saturated carbocycles. The van der Waals surface area contributed by atoms with E-state index in [1.807, 2.05) is 13.8 Å². The van der Waals surface area contributed by atoms with E-state index < -0.39 is 5.82 Å². The molecule has 4 nitrogen and oxygen atoms in total. The molecule has 0 radical (unpaired) electrons. The minimum absolute atomic E-state index is 0.0952. The number of carbonyl (C=O) groups is 1. The average molecular weight is 345 g/mol. The van der Waals surface area contributed by atoms with Crippen LogP contribution in [0.15, 0.2) is 22.7 Å². The number of hydrogen-bond acceptors (Lipinski definition) is 3. The molecule has 1 saturated heterocycles. The normalized spacial score (nSPS) is 22.7. The highest BCUT2D eigenvalue weighted by molar-refractivity contribution is 9.10. The number of carbonyl (C=O) groups excluding carboxylic acids is 1. The number of nitrogens with one attached hydrogen (secondary N) is 1. The van der Waals surface area contributed by atoms with Gasteiger partial charge in [0.1, 0.15) is 0 Å². The molecule has 2 atom stereocenters. The zero-order chi connectivity index (χ0) is 14.7.